The van der Waals surface area contributed by atoms with Crippen LogP contribution in [0.25, 0.3) is 11.0 Å². The van der Waals surface area contributed by atoms with E-state index in [9.17, 15) is 14.4 Å². The maximum absolute atomic E-state index is 13.8. The van der Waals surface area contributed by atoms with Gasteiger partial charge in [0.25, 0.3) is 0 Å². The lowest BCUT2D eigenvalue weighted by Crippen LogP contribution is -2.37. The van der Waals surface area contributed by atoms with Gasteiger partial charge in [-0.2, -0.15) is 11.8 Å². The van der Waals surface area contributed by atoms with Gasteiger partial charge in [0.2, 0.25) is 0 Å². The normalized spacial score (nSPS) is 19.7. The number of nitrogens with one attached hydrogen (secondary N) is 1. The summed E-state index contributed by atoms with van der Waals surface area (Å²) in [5.41, 5.74) is 3.56. The minimum Gasteiger partial charge on any atom is -0.464 e. The molecule has 1 aromatic carbocycles. The van der Waals surface area contributed by atoms with Crippen molar-refractivity contribution in [3.05, 3.63) is 90.7 Å². The molecule has 0 fully saturated rings. The van der Waals surface area contributed by atoms with Gasteiger partial charge in [-0.1, -0.05) is 24.6 Å². The van der Waals surface area contributed by atoms with Crippen molar-refractivity contribution in [2.24, 2.45) is 0 Å². The molecule has 37 heavy (non-hydrogen) atoms. The number of rotatable bonds is 7. The van der Waals surface area contributed by atoms with Gasteiger partial charge in [0.15, 0.2) is 11.2 Å². The second-order valence-electron chi connectivity index (χ2n) is 9.39. The Kier molecular flexibility index (Phi) is 7.40. The third kappa shape index (κ3) is 4.92. The molecule has 0 amide bonds. The minimum absolute atomic E-state index is 0.0578. The molecule has 3 heterocycles. The smallest absolute Gasteiger partial charge is 0.336 e. The Morgan fingerprint density at radius 3 is 2.81 bits per heavy atom. The summed E-state index contributed by atoms with van der Waals surface area (Å²) in [5, 5.41) is 5.79. The van der Waals surface area contributed by atoms with Gasteiger partial charge in [-0.05, 0) is 49.6 Å². The summed E-state index contributed by atoms with van der Waals surface area (Å²) < 4.78 is 11.5. The number of thioether (sulfide) groups is 1. The van der Waals surface area contributed by atoms with Crippen LogP contribution in [-0.2, 0) is 14.3 Å². The van der Waals surface area contributed by atoms with Crippen LogP contribution in [0, 0.1) is 6.92 Å². The quantitative estimate of drug-likeness (QED) is 0.301. The van der Waals surface area contributed by atoms with Crippen molar-refractivity contribution in [3.63, 3.8) is 0 Å². The van der Waals surface area contributed by atoms with Crippen molar-refractivity contribution < 1.29 is 18.7 Å². The lowest BCUT2D eigenvalue weighted by Gasteiger charge is -2.36. The predicted molar refractivity (Wildman–Crippen MR) is 148 cm³/mol. The number of carbonyl (C=O) groups is 2. The molecule has 0 saturated heterocycles. The van der Waals surface area contributed by atoms with E-state index in [4.69, 9.17) is 9.15 Å². The van der Waals surface area contributed by atoms with Crippen LogP contribution in [-0.4, -0.2) is 29.9 Å². The van der Waals surface area contributed by atoms with Gasteiger partial charge in [-0.25, -0.2) is 4.79 Å². The molecular formula is C29H29NO5S2. The van der Waals surface area contributed by atoms with Gasteiger partial charge in [-0.15, -0.1) is 11.3 Å². The van der Waals surface area contributed by atoms with Crippen LogP contribution < -0.4 is 10.7 Å². The molecule has 2 atom stereocenters. The first-order valence-corrected chi connectivity index (χ1v) is 14.5. The van der Waals surface area contributed by atoms with Gasteiger partial charge in [0, 0.05) is 45.5 Å². The second kappa shape index (κ2) is 10.7. The molecule has 0 saturated carbocycles. The monoisotopic (exact) mass is 535 g/mol. The summed E-state index contributed by atoms with van der Waals surface area (Å²) in [6.07, 6.45) is 2.36. The molecule has 0 spiro atoms. The van der Waals surface area contributed by atoms with Crippen LogP contribution in [0.2, 0.25) is 0 Å². The maximum Gasteiger partial charge on any atom is 0.336 e. The van der Waals surface area contributed by atoms with Crippen LogP contribution in [0.1, 0.15) is 54.5 Å². The average Bonchev–Trinajstić information content (AvgIpc) is 3.41. The largest absolute Gasteiger partial charge is 0.464 e. The molecule has 8 heteroatoms. The van der Waals surface area contributed by atoms with Crippen molar-refractivity contribution in [1.82, 2.24) is 5.32 Å². The van der Waals surface area contributed by atoms with Crippen molar-refractivity contribution >= 4 is 45.8 Å². The zero-order valence-corrected chi connectivity index (χ0v) is 22.7. The van der Waals surface area contributed by atoms with Crippen molar-refractivity contribution in [1.29, 1.82) is 0 Å². The van der Waals surface area contributed by atoms with E-state index in [1.54, 1.807) is 42.2 Å². The molecule has 1 aliphatic carbocycles. The molecule has 6 nitrogen and oxygen atoms in total. The zero-order chi connectivity index (χ0) is 26.1. The van der Waals surface area contributed by atoms with Gasteiger partial charge >= 0.3 is 5.97 Å². The highest BCUT2D eigenvalue weighted by Crippen LogP contribution is 2.46. The predicted octanol–water partition coefficient (Wildman–Crippen LogP) is 5.82. The first-order valence-electron chi connectivity index (χ1n) is 12.4. The average molecular weight is 536 g/mol. The van der Waals surface area contributed by atoms with Crippen LogP contribution >= 0.6 is 23.1 Å². The minimum atomic E-state index is -0.847. The van der Waals surface area contributed by atoms with E-state index in [0.29, 0.717) is 46.4 Å². The van der Waals surface area contributed by atoms with E-state index >= 15 is 0 Å². The Bertz CT molecular complexity index is 1480. The SMILES string of the molecule is CCSCCOC(=O)C1=C(C)NC2=C(C(=O)C[C@H](c3cccs3)C2)[C@@H]1c1coc2ccc(C)cc2c1=O. The van der Waals surface area contributed by atoms with Crippen LogP contribution in [0.4, 0.5) is 0 Å². The second-order valence-corrected chi connectivity index (χ2v) is 11.8. The van der Waals surface area contributed by atoms with Gasteiger partial charge in [0.05, 0.1) is 23.1 Å². The third-order valence-electron chi connectivity index (χ3n) is 6.92. The Hall–Kier alpha value is -3.10. The van der Waals surface area contributed by atoms with Crippen molar-refractivity contribution in [2.75, 3.05) is 18.1 Å². The Morgan fingerprint density at radius 2 is 2.05 bits per heavy atom. The van der Waals surface area contributed by atoms with E-state index in [-0.39, 0.29) is 29.3 Å². The maximum atomic E-state index is 13.8. The summed E-state index contributed by atoms with van der Waals surface area (Å²) in [6, 6.07) is 9.47. The first-order chi connectivity index (χ1) is 17.9. The van der Waals surface area contributed by atoms with E-state index in [1.165, 1.54) is 6.26 Å². The Labute approximate surface area is 223 Å². The van der Waals surface area contributed by atoms with E-state index in [0.717, 1.165) is 21.9 Å². The summed E-state index contributed by atoms with van der Waals surface area (Å²) in [6.45, 7) is 6.02. The Balaban J connectivity index is 1.62. The molecular weight excluding hydrogens is 506 g/mol. The standard InChI is InChI=1S/C29H29NO5S2/c1-4-36-11-9-34-29(33)25-17(3)30-21-13-18(24-6-5-10-37-24)14-22(31)27(21)26(25)20-15-35-23-8-7-16(2)12-19(23)28(20)32/h5-8,10,12,15,18,26,30H,4,9,11,13-14H2,1-3H3/t18-,26-/m1/s1. The highest BCUT2D eigenvalue weighted by Gasteiger charge is 2.43. The zero-order valence-electron chi connectivity index (χ0n) is 21.1. The fourth-order valence-electron chi connectivity index (χ4n) is 5.22. The number of fused-ring (bicyclic) bond motifs is 1. The molecule has 1 N–H and O–H groups in total. The Morgan fingerprint density at radius 1 is 1.22 bits per heavy atom. The summed E-state index contributed by atoms with van der Waals surface area (Å²) in [5.74, 6) is 0.231. The van der Waals surface area contributed by atoms with E-state index < -0.39 is 11.9 Å². The third-order valence-corrected chi connectivity index (χ3v) is 8.82. The molecule has 1 aliphatic heterocycles. The summed E-state index contributed by atoms with van der Waals surface area (Å²) in [7, 11) is 0. The summed E-state index contributed by atoms with van der Waals surface area (Å²) >= 11 is 3.32. The molecule has 0 unspecified atom stereocenters. The number of thiophene rings is 1. The topological polar surface area (TPSA) is 85.6 Å². The number of aryl methyl sites for hydroxylation is 1. The van der Waals surface area contributed by atoms with Gasteiger partial charge < -0.3 is 14.5 Å². The number of ketones is 1. The molecule has 0 radical (unpaired) electrons. The van der Waals surface area contributed by atoms with E-state index in [1.807, 2.05) is 31.4 Å². The number of Topliss-reactive ketones (excluding diaryl/α,β-unsaturated/α-hetero) is 1. The van der Waals surface area contributed by atoms with Crippen LogP contribution in [0.5, 0.6) is 0 Å². The number of benzene rings is 1. The molecule has 2 aliphatic rings. The number of ether oxygens (including phenoxy) is 1. The number of carbonyl (C=O) groups excluding carboxylic acids is 2. The van der Waals surface area contributed by atoms with Crippen molar-refractivity contribution in [3.8, 4) is 0 Å². The fraction of sp³-hybridized carbons (Fsp3) is 0.345. The first kappa shape index (κ1) is 25.5. The molecule has 192 valence electrons. The van der Waals surface area contributed by atoms with Gasteiger partial charge in [-0.3, -0.25) is 9.59 Å². The van der Waals surface area contributed by atoms with Crippen LogP contribution in [0.15, 0.2) is 73.7 Å². The summed E-state index contributed by atoms with van der Waals surface area (Å²) in [4.78, 5) is 42.1. The highest BCUT2D eigenvalue weighted by molar-refractivity contribution is 7.99. The van der Waals surface area contributed by atoms with E-state index in [2.05, 4.69) is 11.4 Å². The lowest BCUT2D eigenvalue weighted by molar-refractivity contribution is -0.138. The number of allylic oxidation sites excluding steroid dienone is 3. The molecule has 0 bridgehead atoms. The molecule has 5 rings (SSSR count). The van der Waals surface area contributed by atoms with Crippen molar-refractivity contribution in [2.45, 2.75) is 45.4 Å². The fourth-order valence-corrected chi connectivity index (χ4v) is 6.54. The number of dihydropyridines is 1. The highest BCUT2D eigenvalue weighted by atomic mass is 32.2. The van der Waals surface area contributed by atoms with Crippen LogP contribution in [0.3, 0.4) is 0 Å². The molecule has 3 aromatic rings. The number of esters is 1. The number of hydrogen-bond acceptors (Lipinski definition) is 8. The number of hydrogen-bond donors (Lipinski definition) is 1. The lowest BCUT2D eigenvalue weighted by atomic mass is 9.73. The van der Waals surface area contributed by atoms with Gasteiger partial charge in [0.1, 0.15) is 12.2 Å². The molecule has 2 aromatic heterocycles.